The zero-order valence-corrected chi connectivity index (χ0v) is 20.2. The van der Waals surface area contributed by atoms with E-state index in [-0.39, 0.29) is 0 Å². The third-order valence-electron chi connectivity index (χ3n) is 5.46. The average Bonchev–Trinajstić information content (AvgIpc) is 2.72. The Morgan fingerprint density at radius 2 is 0.696 bits per heavy atom. The van der Waals surface area contributed by atoms with Gasteiger partial charge in [0.15, 0.2) is 0 Å². The molecule has 0 atom stereocenters. The first-order valence-corrected chi connectivity index (χ1v) is 16.0. The molecule has 1 aliphatic carbocycles. The zero-order valence-electron chi connectivity index (χ0n) is 17.4. The third-order valence-corrected chi connectivity index (χ3v) is 14.5. The summed E-state index contributed by atoms with van der Waals surface area (Å²) in [6.45, 7) is 18.0. The summed E-state index contributed by atoms with van der Waals surface area (Å²) in [7, 11) is 0. The van der Waals surface area contributed by atoms with Crippen LogP contribution in [0, 0.1) is 29.6 Å². The fourth-order valence-corrected chi connectivity index (χ4v) is 12.5. The molecule has 23 heavy (non-hydrogen) atoms. The maximum Gasteiger partial charge on any atom is -0.0130 e. The molecule has 1 saturated carbocycles. The van der Waals surface area contributed by atoms with Crippen LogP contribution in [0.5, 0.6) is 0 Å². The summed E-state index contributed by atoms with van der Waals surface area (Å²) in [5, 5.41) is 0. The van der Waals surface area contributed by atoms with Crippen molar-refractivity contribution in [2.24, 2.45) is 0 Å². The maximum atomic E-state index is 2.33. The van der Waals surface area contributed by atoms with E-state index in [0.717, 1.165) is 0 Å². The first-order valence-electron chi connectivity index (χ1n) is 9.93. The van der Waals surface area contributed by atoms with Gasteiger partial charge < -0.3 is 0 Å². The minimum Gasteiger partial charge on any atom is -0.0579 e. The molecule has 0 unspecified atom stereocenters. The van der Waals surface area contributed by atoms with Crippen molar-refractivity contribution >= 4 is 19.8 Å². The van der Waals surface area contributed by atoms with Gasteiger partial charge in [-0.1, -0.05) is 34.6 Å². The standard InChI is InChI=1S/C10H15.3C4H9.Sn/c1-6-7(2)9(4)10(5)8(6)3;3*1-3-4-2;/h1-5H3;3*1,3-4H2,2H3;/q;;;;+1. The van der Waals surface area contributed by atoms with Crippen LogP contribution in [0.15, 0.2) is 0 Å². The molecule has 133 valence electrons. The number of unbranched alkanes of at least 4 members (excludes halogenated alkanes) is 3. The number of hydrogen-bond donors (Lipinski definition) is 0. The van der Waals surface area contributed by atoms with E-state index in [1.165, 1.54) is 68.1 Å². The van der Waals surface area contributed by atoms with Crippen molar-refractivity contribution in [3.05, 3.63) is 29.6 Å². The van der Waals surface area contributed by atoms with Crippen molar-refractivity contribution in [2.75, 3.05) is 0 Å². The van der Waals surface area contributed by atoms with Crippen LogP contribution in [0.1, 0.15) is 93.9 Å². The zero-order chi connectivity index (χ0) is 17.8. The first kappa shape index (κ1) is 23.8. The van der Waals surface area contributed by atoms with Crippen LogP contribution in [0.2, 0.25) is 13.3 Å². The van der Waals surface area contributed by atoms with E-state index in [0.29, 0.717) is 0 Å². The fraction of sp³-hybridized carbons (Fsp3) is 0.773. The molecule has 0 saturated heterocycles. The van der Waals surface area contributed by atoms with Gasteiger partial charge in [0, 0.05) is 0 Å². The van der Waals surface area contributed by atoms with Gasteiger partial charge in [-0.05, 0) is 29.6 Å². The van der Waals surface area contributed by atoms with Crippen molar-refractivity contribution in [1.29, 1.82) is 0 Å². The van der Waals surface area contributed by atoms with E-state index >= 15 is 0 Å². The molecule has 0 heterocycles. The second-order valence-electron chi connectivity index (χ2n) is 7.19. The smallest absolute Gasteiger partial charge is 0.0130 e. The van der Waals surface area contributed by atoms with E-state index in [9.17, 15) is 0 Å². The molecule has 0 bridgehead atoms. The van der Waals surface area contributed by atoms with Crippen LogP contribution in [0.25, 0.3) is 0 Å². The van der Waals surface area contributed by atoms with Gasteiger partial charge in [0.25, 0.3) is 0 Å². The molecule has 1 aliphatic rings. The van der Waals surface area contributed by atoms with Crippen molar-refractivity contribution in [2.45, 2.75) is 107 Å². The van der Waals surface area contributed by atoms with Gasteiger partial charge in [-0.2, -0.15) is 0 Å². The molecule has 0 N–H and O–H groups in total. The van der Waals surface area contributed by atoms with E-state index in [4.69, 9.17) is 0 Å². The van der Waals surface area contributed by atoms with Crippen molar-refractivity contribution < 1.29 is 0 Å². The summed E-state index contributed by atoms with van der Waals surface area (Å²) < 4.78 is 5.04. The Morgan fingerprint density at radius 3 is 0.870 bits per heavy atom. The van der Waals surface area contributed by atoms with Crippen molar-refractivity contribution in [1.82, 2.24) is 0 Å². The molecule has 1 fully saturated rings. The third kappa shape index (κ3) is 9.17. The normalized spacial score (nSPS) is 18.3. The second-order valence-corrected chi connectivity index (χ2v) is 15.7. The van der Waals surface area contributed by atoms with Gasteiger partial charge in [-0.25, -0.2) is 0 Å². The molecule has 0 spiro atoms. The molecule has 0 amide bonds. The van der Waals surface area contributed by atoms with Gasteiger partial charge in [0.2, 0.25) is 0 Å². The summed E-state index contributed by atoms with van der Waals surface area (Å²) in [6, 6.07) is 0. The first-order chi connectivity index (χ1) is 10.9. The SMILES string of the molecule is CCC[CH2][Sn+]([CH2]CCC)[CH2]CCC.C[C]1[C](C)[C](C)[C](C)[C]1C. The maximum absolute atomic E-state index is 2.33. The van der Waals surface area contributed by atoms with Gasteiger partial charge in [-0.15, -0.1) is 0 Å². The van der Waals surface area contributed by atoms with E-state index in [1.807, 2.05) is 0 Å². The van der Waals surface area contributed by atoms with Crippen LogP contribution in [-0.2, 0) is 0 Å². The van der Waals surface area contributed by atoms with Gasteiger partial charge >= 0.3 is 92.4 Å². The molecule has 1 heteroatoms. The monoisotopic (exact) mass is 426 g/mol. The quantitative estimate of drug-likeness (QED) is 0.330. The molecule has 0 nitrogen and oxygen atoms in total. The predicted octanol–water partition coefficient (Wildman–Crippen LogP) is 7.85. The Morgan fingerprint density at radius 1 is 0.478 bits per heavy atom. The van der Waals surface area contributed by atoms with E-state index in [2.05, 4.69) is 55.4 Å². The van der Waals surface area contributed by atoms with Crippen LogP contribution in [0.4, 0.5) is 0 Å². The summed E-state index contributed by atoms with van der Waals surface area (Å²) in [6.07, 6.45) is 8.85. The topological polar surface area (TPSA) is 0 Å². The summed E-state index contributed by atoms with van der Waals surface area (Å²) in [5.41, 5.74) is 0. The van der Waals surface area contributed by atoms with Gasteiger partial charge in [0.1, 0.15) is 0 Å². The minimum absolute atomic E-state index is 0.839. The minimum atomic E-state index is -0.839. The Hall–Kier alpha value is 0.799. The molecule has 0 aliphatic heterocycles. The van der Waals surface area contributed by atoms with Gasteiger partial charge in [-0.3, -0.25) is 0 Å². The van der Waals surface area contributed by atoms with E-state index in [1.54, 1.807) is 13.3 Å². The van der Waals surface area contributed by atoms with Crippen LogP contribution in [-0.4, -0.2) is 19.8 Å². The molecule has 0 aromatic rings. The predicted molar refractivity (Wildman–Crippen MR) is 109 cm³/mol. The van der Waals surface area contributed by atoms with Crippen molar-refractivity contribution in [3.8, 4) is 0 Å². The number of rotatable bonds is 9. The Bertz CT molecular complexity index is 199. The Balaban J connectivity index is 0.000000433. The van der Waals surface area contributed by atoms with E-state index < -0.39 is 19.8 Å². The summed E-state index contributed by atoms with van der Waals surface area (Å²) >= 11 is -0.839. The van der Waals surface area contributed by atoms with Crippen molar-refractivity contribution in [3.63, 3.8) is 0 Å². The molecule has 0 aromatic heterocycles. The Labute approximate surface area is 156 Å². The average molecular weight is 425 g/mol. The fourth-order valence-electron chi connectivity index (χ4n) is 3.06. The molecule has 1 rings (SSSR count). The number of hydrogen-bond acceptors (Lipinski definition) is 0. The molecule has 5 radical (unpaired) electrons. The van der Waals surface area contributed by atoms with Crippen LogP contribution >= 0.6 is 0 Å². The summed E-state index contributed by atoms with van der Waals surface area (Å²) in [4.78, 5) is 0. The van der Waals surface area contributed by atoms with Crippen LogP contribution in [0.3, 0.4) is 0 Å². The molecule has 0 aromatic carbocycles. The molecular formula is C22H42Sn+. The Kier molecular flexibility index (Phi) is 14.5. The van der Waals surface area contributed by atoms with Crippen LogP contribution < -0.4 is 0 Å². The van der Waals surface area contributed by atoms with Gasteiger partial charge in [0.05, 0.1) is 0 Å². The summed E-state index contributed by atoms with van der Waals surface area (Å²) in [5.74, 6) is 7.34. The second kappa shape index (κ2) is 14.0. The largest absolute Gasteiger partial charge is 0.0579 e. The molecular weight excluding hydrogens is 383 g/mol.